The molecule has 1 fully saturated rings. The second-order valence-electron chi connectivity index (χ2n) is 8.17. The van der Waals surface area contributed by atoms with Gasteiger partial charge in [-0.2, -0.15) is 0 Å². The maximum Gasteiger partial charge on any atom is 0.255 e. The van der Waals surface area contributed by atoms with Crippen molar-refractivity contribution in [2.45, 2.75) is 13.8 Å². The van der Waals surface area contributed by atoms with E-state index in [1.165, 1.54) is 0 Å². The van der Waals surface area contributed by atoms with Crippen LogP contribution in [0.4, 0.5) is 11.4 Å². The first-order chi connectivity index (χ1) is 16.5. The summed E-state index contributed by atoms with van der Waals surface area (Å²) in [6.45, 7) is 7.08. The summed E-state index contributed by atoms with van der Waals surface area (Å²) in [6, 6.07) is 20.2. The van der Waals surface area contributed by atoms with E-state index in [0.717, 1.165) is 22.6 Å². The number of nitrogens with one attached hydrogen (secondary N) is 1. The Morgan fingerprint density at radius 1 is 0.971 bits per heavy atom. The van der Waals surface area contributed by atoms with Crippen LogP contribution in [-0.4, -0.2) is 49.5 Å². The highest BCUT2D eigenvalue weighted by molar-refractivity contribution is 6.33. The van der Waals surface area contributed by atoms with Gasteiger partial charge in [-0.25, -0.2) is 0 Å². The third-order valence-electron chi connectivity index (χ3n) is 5.92. The summed E-state index contributed by atoms with van der Waals surface area (Å²) < 4.78 is 5.42. The van der Waals surface area contributed by atoms with E-state index in [9.17, 15) is 9.59 Å². The number of carbonyl (C=O) groups excluding carboxylic acids is 2. The zero-order valence-corrected chi connectivity index (χ0v) is 20.1. The summed E-state index contributed by atoms with van der Waals surface area (Å²) in [5, 5.41) is 3.45. The Hall–Kier alpha value is -3.51. The lowest BCUT2D eigenvalue weighted by atomic mass is 10.1. The van der Waals surface area contributed by atoms with Crippen LogP contribution in [0.1, 0.15) is 33.2 Å². The molecule has 3 aromatic rings. The van der Waals surface area contributed by atoms with Crippen molar-refractivity contribution in [3.05, 3.63) is 88.4 Å². The summed E-state index contributed by atoms with van der Waals surface area (Å²) in [4.78, 5) is 29.5. The average molecular weight is 478 g/mol. The van der Waals surface area contributed by atoms with Gasteiger partial charge in [0.25, 0.3) is 11.8 Å². The third kappa shape index (κ3) is 5.34. The van der Waals surface area contributed by atoms with E-state index in [2.05, 4.69) is 10.2 Å². The minimum Gasteiger partial charge on any atom is -0.494 e. The summed E-state index contributed by atoms with van der Waals surface area (Å²) in [6.07, 6.45) is 0. The van der Waals surface area contributed by atoms with E-state index < -0.39 is 0 Å². The van der Waals surface area contributed by atoms with E-state index in [1.54, 1.807) is 30.3 Å². The first-order valence-electron chi connectivity index (χ1n) is 11.4. The first kappa shape index (κ1) is 23.6. The Balaban J connectivity index is 1.36. The maximum atomic E-state index is 12.9. The van der Waals surface area contributed by atoms with Crippen LogP contribution in [0.25, 0.3) is 0 Å². The van der Waals surface area contributed by atoms with Crippen LogP contribution in [0.3, 0.4) is 0 Å². The molecule has 0 saturated carbocycles. The largest absolute Gasteiger partial charge is 0.494 e. The molecular weight excluding hydrogens is 450 g/mol. The van der Waals surface area contributed by atoms with Gasteiger partial charge in [0, 0.05) is 43.0 Å². The Bertz CT molecular complexity index is 1170. The van der Waals surface area contributed by atoms with Crippen LogP contribution in [0.15, 0.2) is 66.7 Å². The van der Waals surface area contributed by atoms with Gasteiger partial charge < -0.3 is 19.9 Å². The van der Waals surface area contributed by atoms with Crippen LogP contribution in [0.5, 0.6) is 5.75 Å². The molecule has 2 amide bonds. The number of benzene rings is 3. The standard InChI is InChI=1S/C27H28ClN3O3/c1-3-34-22-11-8-20(9-12-22)26(32)29-21-10-13-25(24(28)18-21)30-14-16-31(17-15-30)27(33)23-7-5-4-6-19(23)2/h4-13,18H,3,14-17H2,1-2H3,(H,29,32). The molecule has 1 aliphatic heterocycles. The van der Waals surface area contributed by atoms with Gasteiger partial charge in [0.1, 0.15) is 5.75 Å². The third-order valence-corrected chi connectivity index (χ3v) is 6.22. The normalized spacial score (nSPS) is 13.5. The number of carbonyl (C=O) groups is 2. The van der Waals surface area contributed by atoms with Crippen LogP contribution in [-0.2, 0) is 0 Å². The molecule has 0 aliphatic carbocycles. The molecule has 6 nitrogen and oxygen atoms in total. The van der Waals surface area contributed by atoms with Crippen molar-refractivity contribution in [3.63, 3.8) is 0 Å². The Labute approximate surface area is 205 Å². The molecule has 7 heteroatoms. The van der Waals surface area contributed by atoms with Gasteiger partial charge in [-0.05, 0) is 67.9 Å². The Morgan fingerprint density at radius 3 is 2.32 bits per heavy atom. The lowest BCUT2D eigenvalue weighted by molar-refractivity contribution is 0.0746. The van der Waals surface area contributed by atoms with Gasteiger partial charge in [0.2, 0.25) is 0 Å². The fourth-order valence-electron chi connectivity index (χ4n) is 4.05. The van der Waals surface area contributed by atoms with Gasteiger partial charge in [-0.1, -0.05) is 29.8 Å². The van der Waals surface area contributed by atoms with Gasteiger partial charge >= 0.3 is 0 Å². The van der Waals surface area contributed by atoms with Crippen molar-refractivity contribution in [1.82, 2.24) is 4.90 Å². The van der Waals surface area contributed by atoms with Crippen molar-refractivity contribution >= 4 is 34.8 Å². The molecule has 4 rings (SSSR count). The molecule has 0 spiro atoms. The highest BCUT2D eigenvalue weighted by Crippen LogP contribution is 2.30. The molecule has 0 atom stereocenters. The SMILES string of the molecule is CCOc1ccc(C(=O)Nc2ccc(N3CCN(C(=O)c4ccccc4C)CC3)c(Cl)c2)cc1. The molecule has 1 N–H and O–H groups in total. The summed E-state index contributed by atoms with van der Waals surface area (Å²) >= 11 is 6.57. The summed E-state index contributed by atoms with van der Waals surface area (Å²) in [7, 11) is 0. The lowest BCUT2D eigenvalue weighted by Crippen LogP contribution is -2.49. The van der Waals surface area contributed by atoms with Crippen LogP contribution in [0, 0.1) is 6.92 Å². The van der Waals surface area contributed by atoms with E-state index >= 15 is 0 Å². The number of piperazine rings is 1. The maximum absolute atomic E-state index is 12.9. The van der Waals surface area contributed by atoms with Crippen molar-refractivity contribution in [1.29, 1.82) is 0 Å². The predicted molar refractivity (Wildman–Crippen MR) is 136 cm³/mol. The zero-order chi connectivity index (χ0) is 24.1. The highest BCUT2D eigenvalue weighted by Gasteiger charge is 2.24. The zero-order valence-electron chi connectivity index (χ0n) is 19.4. The molecule has 1 heterocycles. The fourth-order valence-corrected chi connectivity index (χ4v) is 4.35. The number of hydrogen-bond acceptors (Lipinski definition) is 4. The minimum absolute atomic E-state index is 0.0659. The number of amides is 2. The number of anilines is 2. The molecule has 3 aromatic carbocycles. The topological polar surface area (TPSA) is 61.9 Å². The second-order valence-corrected chi connectivity index (χ2v) is 8.58. The monoisotopic (exact) mass is 477 g/mol. The molecule has 1 aliphatic rings. The van der Waals surface area contributed by atoms with E-state index in [-0.39, 0.29) is 11.8 Å². The van der Waals surface area contributed by atoms with E-state index in [0.29, 0.717) is 49.1 Å². The fraction of sp³-hybridized carbons (Fsp3) is 0.259. The molecular formula is C27H28ClN3O3. The van der Waals surface area contributed by atoms with Gasteiger partial charge in [0.15, 0.2) is 0 Å². The molecule has 0 aromatic heterocycles. The number of hydrogen-bond donors (Lipinski definition) is 1. The number of rotatable bonds is 6. The second kappa shape index (κ2) is 10.6. The molecule has 0 unspecified atom stereocenters. The molecule has 34 heavy (non-hydrogen) atoms. The van der Waals surface area contributed by atoms with Crippen molar-refractivity contribution in [2.75, 3.05) is 43.0 Å². The van der Waals surface area contributed by atoms with Crippen molar-refractivity contribution in [2.24, 2.45) is 0 Å². The van der Waals surface area contributed by atoms with Gasteiger partial charge in [-0.3, -0.25) is 9.59 Å². The van der Waals surface area contributed by atoms with Gasteiger partial charge in [0.05, 0.1) is 17.3 Å². The molecule has 0 radical (unpaired) electrons. The number of nitrogens with zero attached hydrogens (tertiary/aromatic N) is 2. The van der Waals surface area contributed by atoms with Crippen LogP contribution < -0.4 is 15.0 Å². The van der Waals surface area contributed by atoms with Crippen molar-refractivity contribution in [3.8, 4) is 5.75 Å². The summed E-state index contributed by atoms with van der Waals surface area (Å²) in [5.41, 5.74) is 3.80. The van der Waals surface area contributed by atoms with E-state index in [4.69, 9.17) is 16.3 Å². The Kier molecular flexibility index (Phi) is 7.38. The number of aryl methyl sites for hydroxylation is 1. The molecule has 0 bridgehead atoms. The average Bonchev–Trinajstić information content (AvgIpc) is 2.85. The molecule has 176 valence electrons. The van der Waals surface area contributed by atoms with Crippen LogP contribution >= 0.6 is 11.6 Å². The highest BCUT2D eigenvalue weighted by atomic mass is 35.5. The van der Waals surface area contributed by atoms with E-state index in [1.807, 2.05) is 55.1 Å². The lowest BCUT2D eigenvalue weighted by Gasteiger charge is -2.36. The van der Waals surface area contributed by atoms with Crippen LogP contribution in [0.2, 0.25) is 5.02 Å². The number of halogens is 1. The quantitative estimate of drug-likeness (QED) is 0.526. The minimum atomic E-state index is -0.213. The predicted octanol–water partition coefficient (Wildman–Crippen LogP) is 5.26. The Morgan fingerprint density at radius 2 is 1.68 bits per heavy atom. The first-order valence-corrected chi connectivity index (χ1v) is 11.8. The summed E-state index contributed by atoms with van der Waals surface area (Å²) in [5.74, 6) is 0.582. The molecule has 1 saturated heterocycles. The smallest absolute Gasteiger partial charge is 0.255 e. The number of ether oxygens (including phenoxy) is 1. The van der Waals surface area contributed by atoms with Crippen molar-refractivity contribution < 1.29 is 14.3 Å². The van der Waals surface area contributed by atoms with Gasteiger partial charge in [-0.15, -0.1) is 0 Å².